The van der Waals surface area contributed by atoms with E-state index in [2.05, 4.69) is 20.7 Å². The Labute approximate surface area is 197 Å². The molecule has 0 saturated carbocycles. The molecule has 11 nitrogen and oxygen atoms in total. The van der Waals surface area contributed by atoms with Gasteiger partial charge in [-0.1, -0.05) is 34.4 Å². The number of halogens is 2. The molecule has 4 aromatic rings. The monoisotopic (exact) mass is 489 g/mol. The number of amides is 1. The molecule has 4 rings (SSSR count). The van der Waals surface area contributed by atoms with Crippen LogP contribution in [0.2, 0.25) is 10.0 Å². The molecule has 0 aliphatic rings. The van der Waals surface area contributed by atoms with E-state index >= 15 is 0 Å². The van der Waals surface area contributed by atoms with Gasteiger partial charge < -0.3 is 20.0 Å². The van der Waals surface area contributed by atoms with E-state index in [1.165, 1.54) is 16.9 Å². The van der Waals surface area contributed by atoms with Crippen LogP contribution < -0.4 is 5.32 Å². The van der Waals surface area contributed by atoms with Crippen LogP contribution in [0.4, 0.5) is 11.6 Å². The van der Waals surface area contributed by atoms with Crippen LogP contribution in [0.1, 0.15) is 33.1 Å². The minimum absolute atomic E-state index is 0.0343. The Morgan fingerprint density at radius 3 is 2.55 bits per heavy atom. The molecule has 0 fully saturated rings. The van der Waals surface area contributed by atoms with Gasteiger partial charge in [-0.05, 0) is 30.9 Å². The number of carbonyl (C=O) groups is 1. The zero-order chi connectivity index (χ0) is 23.7. The average Bonchev–Trinajstić information content (AvgIpc) is 3.45. The minimum atomic E-state index is -0.598. The first kappa shape index (κ1) is 22.5. The van der Waals surface area contributed by atoms with Crippen molar-refractivity contribution in [1.29, 1.82) is 0 Å². The van der Waals surface area contributed by atoms with Crippen molar-refractivity contribution in [3.8, 4) is 0 Å². The van der Waals surface area contributed by atoms with Crippen LogP contribution in [0, 0.1) is 24.0 Å². The molecule has 0 bridgehead atoms. The van der Waals surface area contributed by atoms with Crippen molar-refractivity contribution >= 4 is 40.7 Å². The summed E-state index contributed by atoms with van der Waals surface area (Å²) in [5.41, 5.74) is 1.98. The number of hydrogen-bond donors (Lipinski definition) is 1. The van der Waals surface area contributed by atoms with Crippen molar-refractivity contribution in [2.45, 2.75) is 26.9 Å². The van der Waals surface area contributed by atoms with E-state index in [0.29, 0.717) is 39.3 Å². The zero-order valence-corrected chi connectivity index (χ0v) is 19.0. The van der Waals surface area contributed by atoms with E-state index in [-0.39, 0.29) is 18.1 Å². The number of benzene rings is 1. The molecule has 1 N–H and O–H groups in total. The van der Waals surface area contributed by atoms with Gasteiger partial charge in [-0.15, -0.1) is 0 Å². The number of aryl methyl sites for hydroxylation is 2. The van der Waals surface area contributed by atoms with E-state index in [1.54, 1.807) is 35.9 Å². The molecular weight excluding hydrogens is 473 g/mol. The van der Waals surface area contributed by atoms with Crippen molar-refractivity contribution < 1.29 is 14.2 Å². The third-order valence-electron chi connectivity index (χ3n) is 4.93. The Balaban J connectivity index is 1.52. The molecule has 13 heteroatoms. The fourth-order valence-corrected chi connectivity index (χ4v) is 3.71. The summed E-state index contributed by atoms with van der Waals surface area (Å²) in [6.07, 6.45) is 1.44. The summed E-state index contributed by atoms with van der Waals surface area (Å²) in [6.45, 7) is 3.88. The topological polar surface area (TPSA) is 134 Å². The molecule has 1 aromatic carbocycles. The number of aromatic nitrogens is 5. The maximum atomic E-state index is 12.9. The van der Waals surface area contributed by atoms with Gasteiger partial charge in [0.25, 0.3) is 5.91 Å². The van der Waals surface area contributed by atoms with Gasteiger partial charge in [0.2, 0.25) is 0 Å². The minimum Gasteiger partial charge on any atom is -0.361 e. The number of rotatable bonds is 7. The van der Waals surface area contributed by atoms with Gasteiger partial charge in [-0.2, -0.15) is 9.78 Å². The van der Waals surface area contributed by atoms with Crippen LogP contribution >= 0.6 is 23.2 Å². The van der Waals surface area contributed by atoms with E-state index in [4.69, 9.17) is 27.7 Å². The van der Waals surface area contributed by atoms with Gasteiger partial charge in [0, 0.05) is 27.4 Å². The Morgan fingerprint density at radius 2 is 1.88 bits per heavy atom. The first-order valence-corrected chi connectivity index (χ1v) is 10.4. The lowest BCUT2D eigenvalue weighted by Crippen LogP contribution is -2.16. The summed E-state index contributed by atoms with van der Waals surface area (Å²) in [6, 6.07) is 8.21. The summed E-state index contributed by atoms with van der Waals surface area (Å²) >= 11 is 12.5. The maximum Gasteiger partial charge on any atom is 0.389 e. The lowest BCUT2D eigenvalue weighted by molar-refractivity contribution is -0.389. The first-order valence-electron chi connectivity index (χ1n) is 9.64. The number of anilines is 1. The van der Waals surface area contributed by atoms with E-state index in [9.17, 15) is 14.9 Å². The fraction of sp³-hybridized carbons (Fsp3) is 0.200. The predicted octanol–water partition coefficient (Wildman–Crippen LogP) is 4.25. The number of nitrogens with zero attached hydrogens (tertiary/aromatic N) is 6. The second-order valence-corrected chi connectivity index (χ2v) is 7.99. The van der Waals surface area contributed by atoms with Crippen LogP contribution in [-0.2, 0) is 13.1 Å². The maximum absolute atomic E-state index is 12.9. The van der Waals surface area contributed by atoms with Crippen molar-refractivity contribution in [3.05, 3.63) is 85.0 Å². The van der Waals surface area contributed by atoms with E-state index < -0.39 is 10.8 Å². The second kappa shape index (κ2) is 9.04. The Bertz CT molecular complexity index is 1340. The summed E-state index contributed by atoms with van der Waals surface area (Å²) in [5, 5.41) is 26.7. The summed E-state index contributed by atoms with van der Waals surface area (Å²) < 4.78 is 8.18. The van der Waals surface area contributed by atoms with Gasteiger partial charge in [0.1, 0.15) is 5.76 Å². The lowest BCUT2D eigenvalue weighted by Gasteiger charge is -2.08. The third-order valence-corrected chi connectivity index (χ3v) is 5.63. The highest BCUT2D eigenvalue weighted by Gasteiger charge is 2.23. The summed E-state index contributed by atoms with van der Waals surface area (Å²) in [7, 11) is 0. The van der Waals surface area contributed by atoms with E-state index in [0.717, 1.165) is 5.69 Å². The van der Waals surface area contributed by atoms with Crippen LogP contribution in [0.15, 0.2) is 41.1 Å². The van der Waals surface area contributed by atoms with Gasteiger partial charge in [-0.3, -0.25) is 9.48 Å². The Morgan fingerprint density at radius 1 is 1.15 bits per heavy atom. The fourth-order valence-electron chi connectivity index (χ4n) is 3.19. The van der Waals surface area contributed by atoms with Crippen molar-refractivity contribution in [1.82, 2.24) is 24.7 Å². The number of nitro groups is 1. The highest BCUT2D eigenvalue weighted by atomic mass is 35.5. The van der Waals surface area contributed by atoms with Gasteiger partial charge in [0.15, 0.2) is 11.5 Å². The first-order chi connectivity index (χ1) is 15.7. The lowest BCUT2D eigenvalue weighted by atomic mass is 10.2. The molecule has 0 radical (unpaired) electrons. The molecule has 0 saturated heterocycles. The second-order valence-electron chi connectivity index (χ2n) is 7.18. The molecule has 0 unspecified atom stereocenters. The zero-order valence-electron chi connectivity index (χ0n) is 17.5. The highest BCUT2D eigenvalue weighted by Crippen LogP contribution is 2.26. The van der Waals surface area contributed by atoms with Crippen LogP contribution in [0.25, 0.3) is 0 Å². The SMILES string of the molecule is Cc1onc(C(=O)Nc2cc(C)n(Cc3c(Cl)cccc3Cl)n2)c1Cn1ccc([N+](=O)[O-])n1. The summed E-state index contributed by atoms with van der Waals surface area (Å²) in [4.78, 5) is 23.1. The molecule has 170 valence electrons. The average molecular weight is 490 g/mol. The van der Waals surface area contributed by atoms with Crippen LogP contribution in [-0.4, -0.2) is 35.5 Å². The molecule has 0 spiro atoms. The van der Waals surface area contributed by atoms with Gasteiger partial charge >= 0.3 is 5.82 Å². The van der Waals surface area contributed by atoms with Crippen molar-refractivity contribution in [2.75, 3.05) is 5.32 Å². The molecule has 1 amide bonds. The van der Waals surface area contributed by atoms with Crippen molar-refractivity contribution in [3.63, 3.8) is 0 Å². The quantitative estimate of drug-likeness (QED) is 0.302. The van der Waals surface area contributed by atoms with E-state index in [1.807, 2.05) is 6.92 Å². The number of hydrogen-bond acceptors (Lipinski definition) is 7. The van der Waals surface area contributed by atoms with Crippen molar-refractivity contribution in [2.24, 2.45) is 0 Å². The Kier molecular flexibility index (Phi) is 6.16. The molecule has 0 atom stereocenters. The standard InChI is InChI=1S/C20H17Cl2N7O4/c1-11-8-17(24-28(11)10-14-15(21)4-3-5-16(14)22)23-20(30)19-13(12(2)33-26-19)9-27-7-6-18(25-27)29(31)32/h3-8H,9-10H2,1-2H3,(H,23,24,30). The number of carbonyl (C=O) groups excluding carboxylic acids is 1. The highest BCUT2D eigenvalue weighted by molar-refractivity contribution is 6.35. The normalized spacial score (nSPS) is 11.0. The number of nitrogens with one attached hydrogen (secondary N) is 1. The molecule has 3 aromatic heterocycles. The van der Waals surface area contributed by atoms with Crippen LogP contribution in [0.5, 0.6) is 0 Å². The van der Waals surface area contributed by atoms with Gasteiger partial charge in [0.05, 0.1) is 36.0 Å². The molecule has 0 aliphatic heterocycles. The molecule has 0 aliphatic carbocycles. The largest absolute Gasteiger partial charge is 0.389 e. The smallest absolute Gasteiger partial charge is 0.361 e. The van der Waals surface area contributed by atoms with Crippen LogP contribution in [0.3, 0.4) is 0 Å². The third kappa shape index (κ3) is 4.73. The molecule has 3 heterocycles. The summed E-state index contributed by atoms with van der Waals surface area (Å²) in [5.74, 6) is -0.131. The Hall–Kier alpha value is -3.70. The predicted molar refractivity (Wildman–Crippen MR) is 120 cm³/mol. The molecular formula is C20H17Cl2N7O4. The molecule has 33 heavy (non-hydrogen) atoms. The van der Waals surface area contributed by atoms with Gasteiger partial charge in [-0.25, -0.2) is 0 Å².